The van der Waals surface area contributed by atoms with Gasteiger partial charge in [-0.05, 0) is 48.9 Å². The van der Waals surface area contributed by atoms with Crippen molar-refractivity contribution in [3.05, 3.63) is 88.4 Å². The van der Waals surface area contributed by atoms with Crippen LogP contribution in [0.5, 0.6) is 5.75 Å². The van der Waals surface area contributed by atoms with Crippen molar-refractivity contribution in [1.82, 2.24) is 5.43 Å². The second kappa shape index (κ2) is 10.4. The van der Waals surface area contributed by atoms with Gasteiger partial charge in [0, 0.05) is 4.47 Å². The molecule has 0 radical (unpaired) electrons. The molecule has 32 heavy (non-hydrogen) atoms. The highest BCUT2D eigenvalue weighted by Gasteiger charge is 2.29. The standard InChI is InChI=1S/C23H22BrN3O4S/c1-17-7-13-20(14-8-17)32(29,30)27(21-5-3-4-6-22(21)31-2)16-23(28)26-25-15-18-9-11-19(24)12-10-18/h3-15H,16H2,1-2H3,(H,26,28)/b25-15-. The first-order valence-electron chi connectivity index (χ1n) is 9.61. The third-order valence-electron chi connectivity index (χ3n) is 4.52. The molecule has 7 nitrogen and oxygen atoms in total. The molecule has 0 heterocycles. The van der Waals surface area contributed by atoms with Crippen molar-refractivity contribution in [2.75, 3.05) is 18.0 Å². The summed E-state index contributed by atoms with van der Waals surface area (Å²) in [4.78, 5) is 12.7. The van der Waals surface area contributed by atoms with E-state index in [1.807, 2.05) is 31.2 Å². The number of ether oxygens (including phenoxy) is 1. The molecule has 1 N–H and O–H groups in total. The molecule has 0 aromatic heterocycles. The van der Waals surface area contributed by atoms with Crippen LogP contribution in [-0.4, -0.2) is 34.2 Å². The van der Waals surface area contributed by atoms with Gasteiger partial charge in [0.1, 0.15) is 12.3 Å². The Kier molecular flexibility index (Phi) is 7.66. The first-order valence-corrected chi connectivity index (χ1v) is 11.8. The number of halogens is 1. The van der Waals surface area contributed by atoms with Crippen molar-refractivity contribution in [1.29, 1.82) is 0 Å². The van der Waals surface area contributed by atoms with Gasteiger partial charge in [-0.15, -0.1) is 0 Å². The summed E-state index contributed by atoms with van der Waals surface area (Å²) in [5.41, 5.74) is 4.34. The maximum Gasteiger partial charge on any atom is 0.264 e. The first-order chi connectivity index (χ1) is 15.3. The lowest BCUT2D eigenvalue weighted by atomic mass is 10.2. The van der Waals surface area contributed by atoms with Crippen LogP contribution in [0.2, 0.25) is 0 Å². The van der Waals surface area contributed by atoms with E-state index < -0.39 is 22.5 Å². The van der Waals surface area contributed by atoms with Crippen LogP contribution < -0.4 is 14.5 Å². The Balaban J connectivity index is 1.88. The fourth-order valence-corrected chi connectivity index (χ4v) is 4.56. The number of methoxy groups -OCH3 is 1. The van der Waals surface area contributed by atoms with E-state index in [2.05, 4.69) is 26.5 Å². The largest absolute Gasteiger partial charge is 0.495 e. The van der Waals surface area contributed by atoms with Crippen LogP contribution in [-0.2, 0) is 14.8 Å². The van der Waals surface area contributed by atoms with Crippen LogP contribution in [0.4, 0.5) is 5.69 Å². The molecule has 0 aliphatic rings. The molecule has 3 aromatic carbocycles. The number of sulfonamides is 1. The Morgan fingerprint density at radius 3 is 2.38 bits per heavy atom. The quantitative estimate of drug-likeness (QED) is 0.361. The Bertz CT molecular complexity index is 1210. The molecule has 0 atom stereocenters. The molecule has 0 saturated carbocycles. The minimum absolute atomic E-state index is 0.0696. The number of nitrogens with one attached hydrogen (secondary N) is 1. The number of hydrogen-bond donors (Lipinski definition) is 1. The molecule has 3 rings (SSSR count). The number of hydrogen-bond acceptors (Lipinski definition) is 5. The van der Waals surface area contributed by atoms with Gasteiger partial charge in [0.15, 0.2) is 0 Å². The molecule has 3 aromatic rings. The van der Waals surface area contributed by atoms with Gasteiger partial charge in [0.05, 0.1) is 23.9 Å². The highest BCUT2D eigenvalue weighted by atomic mass is 79.9. The normalized spacial score (nSPS) is 11.3. The molecule has 0 aliphatic carbocycles. The zero-order chi connectivity index (χ0) is 23.1. The number of benzene rings is 3. The average Bonchev–Trinajstić information content (AvgIpc) is 2.79. The SMILES string of the molecule is COc1ccccc1N(CC(=O)N/N=C\c1ccc(Br)cc1)S(=O)(=O)c1ccc(C)cc1. The molecule has 0 aliphatic heterocycles. The summed E-state index contributed by atoms with van der Waals surface area (Å²) >= 11 is 3.35. The number of carbonyl (C=O) groups is 1. The minimum Gasteiger partial charge on any atom is -0.495 e. The summed E-state index contributed by atoms with van der Waals surface area (Å²) in [6.07, 6.45) is 1.48. The van der Waals surface area contributed by atoms with Crippen LogP contribution in [0.3, 0.4) is 0 Å². The smallest absolute Gasteiger partial charge is 0.264 e. The van der Waals surface area contributed by atoms with Crippen LogP contribution in [0, 0.1) is 6.92 Å². The highest BCUT2D eigenvalue weighted by molar-refractivity contribution is 9.10. The summed E-state index contributed by atoms with van der Waals surface area (Å²) in [6.45, 7) is 1.39. The predicted molar refractivity (Wildman–Crippen MR) is 129 cm³/mol. The fraction of sp³-hybridized carbons (Fsp3) is 0.130. The average molecular weight is 516 g/mol. The van der Waals surface area contributed by atoms with Gasteiger partial charge >= 0.3 is 0 Å². The van der Waals surface area contributed by atoms with Gasteiger partial charge in [-0.25, -0.2) is 13.8 Å². The van der Waals surface area contributed by atoms with E-state index in [-0.39, 0.29) is 10.6 Å². The topological polar surface area (TPSA) is 88.1 Å². The zero-order valence-corrected chi connectivity index (χ0v) is 19.9. The third kappa shape index (κ3) is 5.74. The van der Waals surface area contributed by atoms with Gasteiger partial charge in [0.25, 0.3) is 15.9 Å². The van der Waals surface area contributed by atoms with Crippen molar-refractivity contribution in [2.45, 2.75) is 11.8 Å². The molecule has 0 fully saturated rings. The maximum absolute atomic E-state index is 13.4. The minimum atomic E-state index is -4.05. The van der Waals surface area contributed by atoms with E-state index in [1.54, 1.807) is 36.4 Å². The lowest BCUT2D eigenvalue weighted by molar-refractivity contribution is -0.119. The molecular formula is C23H22BrN3O4S. The van der Waals surface area contributed by atoms with Crippen molar-refractivity contribution < 1.29 is 17.9 Å². The zero-order valence-electron chi connectivity index (χ0n) is 17.5. The van der Waals surface area contributed by atoms with Crippen molar-refractivity contribution in [2.24, 2.45) is 5.10 Å². The van der Waals surface area contributed by atoms with E-state index in [9.17, 15) is 13.2 Å². The van der Waals surface area contributed by atoms with Gasteiger partial charge in [-0.1, -0.05) is 57.9 Å². The number of nitrogens with zero attached hydrogens (tertiary/aromatic N) is 2. The van der Waals surface area contributed by atoms with E-state index in [4.69, 9.17) is 4.74 Å². The Morgan fingerprint density at radius 2 is 1.72 bits per heavy atom. The number of hydrazone groups is 1. The Labute approximate surface area is 195 Å². The van der Waals surface area contributed by atoms with Gasteiger partial charge < -0.3 is 4.74 Å². The molecule has 0 bridgehead atoms. The van der Waals surface area contributed by atoms with Gasteiger partial charge in [0.2, 0.25) is 0 Å². The van der Waals surface area contributed by atoms with E-state index >= 15 is 0 Å². The summed E-state index contributed by atoms with van der Waals surface area (Å²) in [5, 5.41) is 3.93. The molecule has 1 amide bonds. The van der Waals surface area contributed by atoms with Crippen molar-refractivity contribution >= 4 is 43.8 Å². The number of para-hydroxylation sites is 2. The van der Waals surface area contributed by atoms with Crippen LogP contribution >= 0.6 is 15.9 Å². The molecule has 9 heteroatoms. The molecular weight excluding hydrogens is 494 g/mol. The third-order valence-corrected chi connectivity index (χ3v) is 6.83. The fourth-order valence-electron chi connectivity index (χ4n) is 2.87. The van der Waals surface area contributed by atoms with Crippen LogP contribution in [0.1, 0.15) is 11.1 Å². The number of carbonyl (C=O) groups excluding carboxylic acids is 1. The first kappa shape index (κ1) is 23.5. The summed E-state index contributed by atoms with van der Waals surface area (Å²) in [5.74, 6) is -0.269. The number of amides is 1. The number of aryl methyl sites for hydroxylation is 1. The summed E-state index contributed by atoms with van der Waals surface area (Å²) < 4.78 is 34.1. The van der Waals surface area contributed by atoms with E-state index in [1.165, 1.54) is 25.5 Å². The Morgan fingerprint density at radius 1 is 1.06 bits per heavy atom. The van der Waals surface area contributed by atoms with Crippen LogP contribution in [0.25, 0.3) is 0 Å². The molecule has 166 valence electrons. The molecule has 0 spiro atoms. The molecule has 0 unspecified atom stereocenters. The van der Waals surface area contributed by atoms with Crippen molar-refractivity contribution in [3.8, 4) is 5.75 Å². The van der Waals surface area contributed by atoms with Gasteiger partial charge in [-0.3, -0.25) is 9.10 Å². The van der Waals surface area contributed by atoms with Crippen molar-refractivity contribution in [3.63, 3.8) is 0 Å². The second-order valence-corrected chi connectivity index (χ2v) is 9.62. The lowest BCUT2D eigenvalue weighted by Crippen LogP contribution is -2.39. The van der Waals surface area contributed by atoms with E-state index in [0.717, 1.165) is 19.9 Å². The monoisotopic (exact) mass is 515 g/mol. The Hall–Kier alpha value is -3.17. The lowest BCUT2D eigenvalue weighted by Gasteiger charge is -2.25. The highest BCUT2D eigenvalue weighted by Crippen LogP contribution is 2.32. The predicted octanol–water partition coefficient (Wildman–Crippen LogP) is 4.11. The van der Waals surface area contributed by atoms with Gasteiger partial charge in [-0.2, -0.15) is 5.10 Å². The summed E-state index contributed by atoms with van der Waals surface area (Å²) in [7, 11) is -2.60. The maximum atomic E-state index is 13.4. The van der Waals surface area contributed by atoms with E-state index in [0.29, 0.717) is 5.75 Å². The summed E-state index contributed by atoms with van der Waals surface area (Å²) in [6, 6.07) is 20.4. The number of anilines is 1. The second-order valence-electron chi connectivity index (χ2n) is 6.84. The molecule has 0 saturated heterocycles. The van der Waals surface area contributed by atoms with Crippen LogP contribution in [0.15, 0.2) is 87.3 Å². The number of rotatable bonds is 8.